The number of ether oxygens (including phenoxy) is 1. The summed E-state index contributed by atoms with van der Waals surface area (Å²) in [6.07, 6.45) is 4.07. The van der Waals surface area contributed by atoms with Gasteiger partial charge in [0.25, 0.3) is 5.91 Å². The highest BCUT2D eigenvalue weighted by atomic mass is 35.5. The summed E-state index contributed by atoms with van der Waals surface area (Å²) in [5.74, 6) is 0.686. The Kier molecular flexibility index (Phi) is 8.73. The molecule has 8 heteroatoms. The van der Waals surface area contributed by atoms with E-state index in [0.717, 1.165) is 50.9 Å². The van der Waals surface area contributed by atoms with E-state index in [-0.39, 0.29) is 5.91 Å². The number of hydrogen-bond acceptors (Lipinski definition) is 4. The van der Waals surface area contributed by atoms with E-state index >= 15 is 0 Å². The number of nitrogen functional groups attached to an aromatic ring is 1. The lowest BCUT2D eigenvalue weighted by atomic mass is 9.96. The first-order valence-corrected chi connectivity index (χ1v) is 11.6. The molecule has 31 heavy (non-hydrogen) atoms. The van der Waals surface area contributed by atoms with E-state index < -0.39 is 0 Å². The van der Waals surface area contributed by atoms with Crippen molar-refractivity contribution in [2.24, 2.45) is 5.92 Å². The van der Waals surface area contributed by atoms with Gasteiger partial charge in [0.05, 0.1) is 33.4 Å². The third-order valence-electron chi connectivity index (χ3n) is 5.77. The lowest BCUT2D eigenvalue weighted by molar-refractivity contribution is 0.0933. The van der Waals surface area contributed by atoms with Gasteiger partial charge in [-0.15, -0.1) is 0 Å². The number of rotatable bonds is 8. The van der Waals surface area contributed by atoms with Crippen molar-refractivity contribution in [3.8, 4) is 5.75 Å². The molecule has 2 aromatic carbocycles. The molecule has 0 spiro atoms. The number of nitrogens with zero attached hydrogens (tertiary/aromatic N) is 1. The molecule has 1 heterocycles. The molecular weight excluding hydrogens is 457 g/mol. The molecule has 0 aromatic heterocycles. The Balaban J connectivity index is 1.41. The zero-order valence-electron chi connectivity index (χ0n) is 17.6. The largest absolute Gasteiger partial charge is 0.496 e. The monoisotopic (exact) mass is 483 g/mol. The van der Waals surface area contributed by atoms with Gasteiger partial charge in [-0.25, -0.2) is 0 Å². The summed E-state index contributed by atoms with van der Waals surface area (Å²) in [5, 5.41) is 4.67. The number of piperidine rings is 1. The van der Waals surface area contributed by atoms with Gasteiger partial charge in [-0.2, -0.15) is 0 Å². The molecular formula is C23H28Cl3N3O2. The van der Waals surface area contributed by atoms with Crippen LogP contribution < -0.4 is 15.8 Å². The zero-order valence-corrected chi connectivity index (χ0v) is 19.9. The first kappa shape index (κ1) is 24.0. The molecule has 0 bridgehead atoms. The van der Waals surface area contributed by atoms with Crippen LogP contribution in [0.3, 0.4) is 0 Å². The van der Waals surface area contributed by atoms with Crippen molar-refractivity contribution in [1.29, 1.82) is 0 Å². The van der Waals surface area contributed by atoms with E-state index in [2.05, 4.69) is 10.2 Å². The summed E-state index contributed by atoms with van der Waals surface area (Å²) in [6.45, 7) is 3.72. The van der Waals surface area contributed by atoms with Gasteiger partial charge >= 0.3 is 0 Å². The second-order valence-corrected chi connectivity index (χ2v) is 9.08. The van der Waals surface area contributed by atoms with E-state index in [1.54, 1.807) is 12.1 Å². The number of likely N-dealkylation sites (tertiary alicyclic amines) is 1. The van der Waals surface area contributed by atoms with Gasteiger partial charge < -0.3 is 20.7 Å². The van der Waals surface area contributed by atoms with Gasteiger partial charge in [0.1, 0.15) is 5.75 Å². The Morgan fingerprint density at radius 2 is 1.94 bits per heavy atom. The average molecular weight is 485 g/mol. The second-order valence-electron chi connectivity index (χ2n) is 7.89. The fourth-order valence-electron chi connectivity index (χ4n) is 3.90. The van der Waals surface area contributed by atoms with Crippen molar-refractivity contribution in [3.63, 3.8) is 0 Å². The summed E-state index contributed by atoms with van der Waals surface area (Å²) in [5.41, 5.74) is 7.71. The maximum atomic E-state index is 12.6. The van der Waals surface area contributed by atoms with Gasteiger partial charge in [0.2, 0.25) is 0 Å². The first-order chi connectivity index (χ1) is 14.9. The molecule has 1 aliphatic rings. The predicted molar refractivity (Wildman–Crippen MR) is 129 cm³/mol. The molecule has 1 saturated heterocycles. The Morgan fingerprint density at radius 1 is 1.19 bits per heavy atom. The second kappa shape index (κ2) is 11.3. The minimum atomic E-state index is -0.193. The topological polar surface area (TPSA) is 67.6 Å². The molecule has 0 atom stereocenters. The molecule has 3 rings (SSSR count). The lowest BCUT2D eigenvalue weighted by Gasteiger charge is -2.32. The number of nitrogens with two attached hydrogens (primary N) is 1. The maximum absolute atomic E-state index is 12.6. The van der Waals surface area contributed by atoms with Gasteiger partial charge in [0.15, 0.2) is 0 Å². The third kappa shape index (κ3) is 6.42. The number of benzene rings is 2. The summed E-state index contributed by atoms with van der Waals surface area (Å²) < 4.78 is 5.27. The Morgan fingerprint density at radius 3 is 2.65 bits per heavy atom. The van der Waals surface area contributed by atoms with E-state index in [0.29, 0.717) is 44.5 Å². The summed E-state index contributed by atoms with van der Waals surface area (Å²) >= 11 is 18.4. The molecule has 1 aliphatic heterocycles. The van der Waals surface area contributed by atoms with Crippen LogP contribution in [0.4, 0.5) is 5.69 Å². The number of carbonyl (C=O) groups is 1. The van der Waals surface area contributed by atoms with Crippen molar-refractivity contribution in [2.45, 2.75) is 25.7 Å². The van der Waals surface area contributed by atoms with Crippen molar-refractivity contribution < 1.29 is 9.53 Å². The Hall–Kier alpha value is -1.66. The van der Waals surface area contributed by atoms with E-state index in [1.807, 2.05) is 18.2 Å². The van der Waals surface area contributed by atoms with Crippen LogP contribution in [0.25, 0.3) is 0 Å². The molecule has 0 aliphatic carbocycles. The van der Waals surface area contributed by atoms with Crippen LogP contribution in [0, 0.1) is 5.92 Å². The number of anilines is 1. The minimum absolute atomic E-state index is 0.193. The molecule has 168 valence electrons. The Labute approximate surface area is 198 Å². The van der Waals surface area contributed by atoms with E-state index in [9.17, 15) is 4.79 Å². The maximum Gasteiger partial charge on any atom is 0.255 e. The molecule has 5 nitrogen and oxygen atoms in total. The van der Waals surface area contributed by atoms with Crippen molar-refractivity contribution in [3.05, 3.63) is 56.5 Å². The number of halogens is 3. The minimum Gasteiger partial charge on any atom is -0.496 e. The van der Waals surface area contributed by atoms with Gasteiger partial charge in [-0.05, 0) is 68.9 Å². The van der Waals surface area contributed by atoms with Gasteiger partial charge in [-0.1, -0.05) is 46.9 Å². The van der Waals surface area contributed by atoms with Crippen LogP contribution in [0.1, 0.15) is 35.2 Å². The van der Waals surface area contributed by atoms with E-state index in [1.165, 1.54) is 7.11 Å². The van der Waals surface area contributed by atoms with Crippen molar-refractivity contribution in [2.75, 3.05) is 39.0 Å². The SMILES string of the molecule is COc1cc(Cl)c(N)cc1C(=O)NCC1CCN(CCCc2cccc(Cl)c2Cl)CC1. The number of aryl methyl sites for hydroxylation is 1. The molecule has 1 fully saturated rings. The summed E-state index contributed by atoms with van der Waals surface area (Å²) in [4.78, 5) is 15.1. The van der Waals surface area contributed by atoms with Gasteiger partial charge in [-0.3, -0.25) is 4.79 Å². The Bertz CT molecular complexity index is 915. The van der Waals surface area contributed by atoms with Crippen LogP contribution in [0.2, 0.25) is 15.1 Å². The third-order valence-corrected chi connectivity index (χ3v) is 6.96. The normalized spacial score (nSPS) is 15.1. The molecule has 0 unspecified atom stereocenters. The van der Waals surface area contributed by atoms with Crippen LogP contribution in [0.5, 0.6) is 5.75 Å². The first-order valence-electron chi connectivity index (χ1n) is 10.5. The number of amides is 1. The zero-order chi connectivity index (χ0) is 22.4. The molecule has 2 aromatic rings. The molecule has 0 saturated carbocycles. The van der Waals surface area contributed by atoms with E-state index in [4.69, 9.17) is 45.3 Å². The smallest absolute Gasteiger partial charge is 0.255 e. The average Bonchev–Trinajstić information content (AvgIpc) is 2.77. The number of methoxy groups -OCH3 is 1. The number of carbonyl (C=O) groups excluding carboxylic acids is 1. The summed E-state index contributed by atoms with van der Waals surface area (Å²) in [7, 11) is 1.51. The van der Waals surface area contributed by atoms with Crippen LogP contribution >= 0.6 is 34.8 Å². The lowest BCUT2D eigenvalue weighted by Crippen LogP contribution is -2.39. The highest BCUT2D eigenvalue weighted by Gasteiger charge is 2.21. The molecule has 1 amide bonds. The fraction of sp³-hybridized carbons (Fsp3) is 0.435. The fourth-order valence-corrected chi connectivity index (χ4v) is 4.47. The van der Waals surface area contributed by atoms with Crippen LogP contribution in [0.15, 0.2) is 30.3 Å². The number of hydrogen-bond donors (Lipinski definition) is 2. The van der Waals surface area contributed by atoms with Crippen molar-refractivity contribution >= 4 is 46.4 Å². The number of nitrogens with one attached hydrogen (secondary N) is 1. The predicted octanol–water partition coefficient (Wildman–Crippen LogP) is 5.31. The highest BCUT2D eigenvalue weighted by molar-refractivity contribution is 6.42. The molecule has 0 radical (unpaired) electrons. The standard InChI is InChI=1S/C23H28Cl3N3O2/c1-31-21-13-19(25)20(27)12-17(21)23(30)28-14-15-7-10-29(11-8-15)9-3-5-16-4-2-6-18(24)22(16)26/h2,4,6,12-13,15H,3,5,7-11,14,27H2,1H3,(H,28,30). The van der Waals surface area contributed by atoms with Crippen LogP contribution in [-0.2, 0) is 6.42 Å². The highest BCUT2D eigenvalue weighted by Crippen LogP contribution is 2.29. The molecule has 3 N–H and O–H groups in total. The van der Waals surface area contributed by atoms with Crippen molar-refractivity contribution in [1.82, 2.24) is 10.2 Å². The summed E-state index contributed by atoms with van der Waals surface area (Å²) in [6, 6.07) is 8.92. The van der Waals surface area contributed by atoms with Gasteiger partial charge in [0, 0.05) is 12.6 Å². The quantitative estimate of drug-likeness (QED) is 0.498. The van der Waals surface area contributed by atoms with Crippen LogP contribution in [-0.4, -0.2) is 44.1 Å².